The molecule has 0 spiro atoms. The van der Waals surface area contributed by atoms with Gasteiger partial charge in [0.15, 0.2) is 12.3 Å². The first-order valence-corrected chi connectivity index (χ1v) is 14.8. The zero-order valence-electron chi connectivity index (χ0n) is 24.5. The summed E-state index contributed by atoms with van der Waals surface area (Å²) < 4.78 is 20.9. The van der Waals surface area contributed by atoms with Crippen LogP contribution in [0.2, 0.25) is 0 Å². The molecular weight excluding hydrogens is 570 g/mol. The number of aryl methyl sites for hydroxylation is 1. The minimum Gasteiger partial charge on any atom is -0.441 e. The van der Waals surface area contributed by atoms with Crippen LogP contribution in [0.25, 0.3) is 0 Å². The van der Waals surface area contributed by atoms with Gasteiger partial charge in [-0.1, -0.05) is 109 Å². The number of benzene rings is 4. The first-order chi connectivity index (χ1) is 22.0. The van der Waals surface area contributed by atoms with E-state index in [4.69, 9.17) is 14.2 Å². The van der Waals surface area contributed by atoms with Crippen LogP contribution in [0.5, 0.6) is 0 Å². The molecule has 5 aromatic rings. The fourth-order valence-electron chi connectivity index (χ4n) is 6.42. The summed E-state index contributed by atoms with van der Waals surface area (Å²) in [4.78, 5) is 42.7. The number of nitrogens with zero attached hydrogens (tertiary/aromatic N) is 2. The van der Waals surface area contributed by atoms with Gasteiger partial charge < -0.3 is 14.2 Å². The Morgan fingerprint density at radius 2 is 1.27 bits per heavy atom. The Kier molecular flexibility index (Phi) is 7.40. The summed E-state index contributed by atoms with van der Waals surface area (Å²) in [7, 11) is 0. The van der Waals surface area contributed by atoms with Crippen LogP contribution < -0.4 is 16.1 Å². The van der Waals surface area contributed by atoms with Crippen molar-refractivity contribution in [3.8, 4) is 0 Å². The lowest BCUT2D eigenvalue weighted by molar-refractivity contribution is -0.0964. The fraction of sp³-hybridized carbons (Fsp3) is 0.194. The topological polar surface area (TPSA) is 103 Å². The molecule has 226 valence electrons. The molecule has 1 N–H and O–H groups in total. The highest BCUT2D eigenvalue weighted by molar-refractivity contribution is 5.91. The Labute approximate surface area is 259 Å². The molecule has 2 saturated heterocycles. The van der Waals surface area contributed by atoms with Crippen LogP contribution in [0.4, 0.5) is 10.5 Å². The molecule has 0 unspecified atom stereocenters. The van der Waals surface area contributed by atoms with Gasteiger partial charge in [0.05, 0.1) is 6.61 Å². The maximum absolute atomic E-state index is 13.4. The molecule has 4 atom stereocenters. The van der Waals surface area contributed by atoms with Gasteiger partial charge in [-0.15, -0.1) is 0 Å². The summed E-state index contributed by atoms with van der Waals surface area (Å²) in [6.45, 7) is 1.63. The Bertz CT molecular complexity index is 1810. The van der Waals surface area contributed by atoms with Gasteiger partial charge in [-0.3, -0.25) is 19.2 Å². The number of aromatic nitrogens is 2. The minimum absolute atomic E-state index is 0.0172. The number of ether oxygens (including phenoxy) is 3. The predicted octanol–water partition coefficient (Wildman–Crippen LogP) is 5.15. The Balaban J connectivity index is 1.32. The normalized spacial score (nSPS) is 21.0. The summed E-state index contributed by atoms with van der Waals surface area (Å²) in [6, 6.07) is 38.2. The maximum Gasteiger partial charge on any atom is 0.415 e. The van der Waals surface area contributed by atoms with Crippen LogP contribution in [-0.2, 0) is 19.8 Å². The number of carbonyl (C=O) groups excluding carboxylic acids is 1. The van der Waals surface area contributed by atoms with Crippen LogP contribution in [0, 0.1) is 6.92 Å². The summed E-state index contributed by atoms with van der Waals surface area (Å²) in [5.74, 6) is 0. The number of anilines is 1. The lowest BCUT2D eigenvalue weighted by atomic mass is 9.80. The van der Waals surface area contributed by atoms with Gasteiger partial charge in [-0.05, 0) is 35.7 Å². The van der Waals surface area contributed by atoms with Crippen LogP contribution in [0.1, 0.15) is 28.5 Å². The molecule has 7 rings (SSSR count). The van der Waals surface area contributed by atoms with E-state index in [0.29, 0.717) is 11.3 Å². The SMILES string of the molecule is Cc1cn([C@@H]2O[C@H](COC(c3ccccc3)(c3ccccc3)c3ccccc3)[C@H]3OC(=O)N(c4ccccc4)[C@H]32)c(=O)[nH]c1=O. The van der Waals surface area contributed by atoms with E-state index in [0.717, 1.165) is 16.7 Å². The molecule has 0 aliphatic carbocycles. The monoisotopic (exact) mass is 601 g/mol. The van der Waals surface area contributed by atoms with Crippen molar-refractivity contribution in [3.63, 3.8) is 0 Å². The van der Waals surface area contributed by atoms with Crippen LogP contribution in [-0.4, -0.2) is 40.5 Å². The van der Waals surface area contributed by atoms with Crippen molar-refractivity contribution in [2.45, 2.75) is 37.0 Å². The largest absolute Gasteiger partial charge is 0.441 e. The van der Waals surface area contributed by atoms with Gasteiger partial charge in [-0.2, -0.15) is 0 Å². The second-order valence-electron chi connectivity index (χ2n) is 11.2. The van der Waals surface area contributed by atoms with E-state index in [1.165, 1.54) is 15.7 Å². The van der Waals surface area contributed by atoms with Gasteiger partial charge in [0.1, 0.15) is 17.7 Å². The first-order valence-electron chi connectivity index (χ1n) is 14.8. The third-order valence-electron chi connectivity index (χ3n) is 8.50. The predicted molar refractivity (Wildman–Crippen MR) is 168 cm³/mol. The number of H-pyrrole nitrogens is 1. The number of hydrogen-bond donors (Lipinski definition) is 1. The van der Waals surface area contributed by atoms with Crippen molar-refractivity contribution in [2.75, 3.05) is 11.5 Å². The van der Waals surface area contributed by atoms with E-state index in [1.54, 1.807) is 19.1 Å². The second kappa shape index (κ2) is 11.7. The number of para-hydroxylation sites is 1. The smallest absolute Gasteiger partial charge is 0.415 e. The van der Waals surface area contributed by atoms with E-state index in [9.17, 15) is 14.4 Å². The van der Waals surface area contributed by atoms with Gasteiger partial charge in [-0.25, -0.2) is 9.59 Å². The standard InChI is InChI=1S/C36H31N3O6/c1-24-22-38(34(41)37-32(24)40)33-30-31(45-35(42)39(30)28-20-12-5-13-21-28)29(44-33)23-43-36(25-14-6-2-7-15-25,26-16-8-3-9-17-26)27-18-10-4-11-19-27/h2-22,29-31,33H,23H2,1H3,(H,37,40,41)/t29-,30-,31-,33-/m1/s1. The third kappa shape index (κ3) is 4.96. The molecular formula is C36H31N3O6. The lowest BCUT2D eigenvalue weighted by Crippen LogP contribution is -2.44. The average Bonchev–Trinajstić information content (AvgIpc) is 3.60. The first kappa shape index (κ1) is 28.5. The minimum atomic E-state index is -1.03. The van der Waals surface area contributed by atoms with Gasteiger partial charge in [0.2, 0.25) is 0 Å². The highest BCUT2D eigenvalue weighted by atomic mass is 16.6. The molecule has 1 aromatic heterocycles. The molecule has 2 fully saturated rings. The lowest BCUT2D eigenvalue weighted by Gasteiger charge is -2.37. The zero-order chi connectivity index (χ0) is 31.0. The number of fused-ring (bicyclic) bond motifs is 1. The maximum atomic E-state index is 13.4. The van der Waals surface area contributed by atoms with Crippen molar-refractivity contribution in [3.05, 3.63) is 171 Å². The molecule has 1 amide bonds. The summed E-state index contributed by atoms with van der Waals surface area (Å²) in [6.07, 6.45) is -1.59. The van der Waals surface area contributed by atoms with Gasteiger partial charge >= 0.3 is 11.8 Å². The van der Waals surface area contributed by atoms with Crippen molar-refractivity contribution in [1.29, 1.82) is 0 Å². The molecule has 9 nitrogen and oxygen atoms in total. The number of amides is 1. The van der Waals surface area contributed by atoms with Crippen molar-refractivity contribution >= 4 is 11.8 Å². The second-order valence-corrected chi connectivity index (χ2v) is 11.2. The van der Waals surface area contributed by atoms with Crippen LogP contribution in [0.3, 0.4) is 0 Å². The zero-order valence-corrected chi connectivity index (χ0v) is 24.5. The quantitative estimate of drug-likeness (QED) is 0.247. The Morgan fingerprint density at radius 1 is 0.756 bits per heavy atom. The number of rotatable bonds is 8. The van der Waals surface area contributed by atoms with Gasteiger partial charge in [0.25, 0.3) is 5.56 Å². The van der Waals surface area contributed by atoms with E-state index in [1.807, 2.05) is 109 Å². The molecule has 0 radical (unpaired) electrons. The number of nitrogens with one attached hydrogen (secondary N) is 1. The Morgan fingerprint density at radius 3 is 1.80 bits per heavy atom. The molecule has 0 bridgehead atoms. The molecule has 2 aliphatic rings. The van der Waals surface area contributed by atoms with Crippen LogP contribution >= 0.6 is 0 Å². The highest BCUT2D eigenvalue weighted by Crippen LogP contribution is 2.45. The fourth-order valence-corrected chi connectivity index (χ4v) is 6.42. The van der Waals surface area contributed by atoms with E-state index >= 15 is 0 Å². The van der Waals surface area contributed by atoms with Gasteiger partial charge in [0, 0.05) is 17.4 Å². The van der Waals surface area contributed by atoms with Crippen molar-refractivity contribution < 1.29 is 19.0 Å². The molecule has 4 aromatic carbocycles. The molecule has 3 heterocycles. The number of aromatic amines is 1. The van der Waals surface area contributed by atoms with Crippen molar-refractivity contribution in [1.82, 2.24) is 9.55 Å². The summed E-state index contributed by atoms with van der Waals surface area (Å²) >= 11 is 0. The summed E-state index contributed by atoms with van der Waals surface area (Å²) in [5, 5.41) is 0. The van der Waals surface area contributed by atoms with Crippen molar-refractivity contribution in [2.24, 2.45) is 0 Å². The number of carbonyl (C=O) groups is 1. The van der Waals surface area contributed by atoms with Crippen LogP contribution in [0.15, 0.2) is 137 Å². The Hall–Kier alpha value is -5.25. The van der Waals surface area contributed by atoms with E-state index in [2.05, 4.69) is 4.98 Å². The summed E-state index contributed by atoms with van der Waals surface area (Å²) in [5.41, 5.74) is 1.52. The molecule has 45 heavy (non-hydrogen) atoms. The highest BCUT2D eigenvalue weighted by Gasteiger charge is 2.58. The molecule has 2 aliphatic heterocycles. The number of hydrogen-bond acceptors (Lipinski definition) is 6. The third-order valence-corrected chi connectivity index (χ3v) is 8.50. The average molecular weight is 602 g/mol. The van der Waals surface area contributed by atoms with E-state index < -0.39 is 47.4 Å². The molecule has 0 saturated carbocycles. The molecule has 9 heteroatoms. The van der Waals surface area contributed by atoms with E-state index in [-0.39, 0.29) is 6.61 Å².